The molecule has 0 atom stereocenters. The van der Waals surface area contributed by atoms with E-state index in [1.54, 1.807) is 0 Å². The minimum absolute atomic E-state index is 0.0191. The summed E-state index contributed by atoms with van der Waals surface area (Å²) >= 11 is 5.38. The van der Waals surface area contributed by atoms with Gasteiger partial charge in [-0.2, -0.15) is 8.78 Å². The standard InChI is InChI=1S/C9H6ClF5O2/c10-4-5-1-2-6(16-8(11)12)3-7(5)17-9(13,14)15/h1-3,8H,4H2. The van der Waals surface area contributed by atoms with Crippen molar-refractivity contribution in [3.8, 4) is 11.5 Å². The molecule has 2 nitrogen and oxygen atoms in total. The third kappa shape index (κ3) is 4.64. The summed E-state index contributed by atoms with van der Waals surface area (Å²) in [5.74, 6) is -1.35. The third-order valence-electron chi connectivity index (χ3n) is 1.63. The van der Waals surface area contributed by atoms with Crippen LogP contribution in [0.5, 0.6) is 11.5 Å². The van der Waals surface area contributed by atoms with Crippen LogP contribution < -0.4 is 9.47 Å². The van der Waals surface area contributed by atoms with Gasteiger partial charge in [0, 0.05) is 11.6 Å². The van der Waals surface area contributed by atoms with Crippen molar-refractivity contribution in [1.82, 2.24) is 0 Å². The Labute approximate surface area is 97.9 Å². The molecule has 8 heteroatoms. The maximum Gasteiger partial charge on any atom is 0.573 e. The lowest BCUT2D eigenvalue weighted by molar-refractivity contribution is -0.274. The molecule has 0 N–H and O–H groups in total. The number of rotatable bonds is 4. The summed E-state index contributed by atoms with van der Waals surface area (Å²) in [6, 6.07) is 2.90. The van der Waals surface area contributed by atoms with Gasteiger partial charge in [0.2, 0.25) is 0 Å². The average molecular weight is 277 g/mol. The maximum atomic E-state index is 12.0. The van der Waals surface area contributed by atoms with Crippen molar-refractivity contribution in [1.29, 1.82) is 0 Å². The van der Waals surface area contributed by atoms with Crippen LogP contribution in [0.2, 0.25) is 0 Å². The molecular weight excluding hydrogens is 271 g/mol. The van der Waals surface area contributed by atoms with Gasteiger partial charge in [0.05, 0.1) is 5.88 Å². The monoisotopic (exact) mass is 276 g/mol. The lowest BCUT2D eigenvalue weighted by atomic mass is 10.2. The second kappa shape index (κ2) is 5.39. The highest BCUT2D eigenvalue weighted by Gasteiger charge is 2.32. The predicted molar refractivity (Wildman–Crippen MR) is 49.3 cm³/mol. The zero-order valence-corrected chi connectivity index (χ0v) is 8.86. The van der Waals surface area contributed by atoms with E-state index in [9.17, 15) is 22.0 Å². The first-order valence-corrected chi connectivity index (χ1v) is 4.74. The fourth-order valence-corrected chi connectivity index (χ4v) is 1.26. The van der Waals surface area contributed by atoms with Gasteiger partial charge in [0.25, 0.3) is 0 Å². The molecular formula is C9H6ClF5O2. The van der Waals surface area contributed by atoms with Gasteiger partial charge in [-0.1, -0.05) is 6.07 Å². The summed E-state index contributed by atoms with van der Waals surface area (Å²) in [7, 11) is 0. The second-order valence-electron chi connectivity index (χ2n) is 2.83. The molecule has 1 rings (SSSR count). The van der Waals surface area contributed by atoms with E-state index in [0.717, 1.165) is 12.1 Å². The van der Waals surface area contributed by atoms with Crippen molar-refractivity contribution >= 4 is 11.6 Å². The molecule has 0 radical (unpaired) electrons. The Balaban J connectivity index is 2.98. The van der Waals surface area contributed by atoms with Crippen LogP contribution in [0.25, 0.3) is 0 Å². The Kier molecular flexibility index (Phi) is 4.39. The first kappa shape index (κ1) is 13.8. The van der Waals surface area contributed by atoms with Gasteiger partial charge in [-0.3, -0.25) is 0 Å². The van der Waals surface area contributed by atoms with Gasteiger partial charge in [-0.25, -0.2) is 0 Å². The van der Waals surface area contributed by atoms with Crippen LogP contribution in [0, 0.1) is 0 Å². The Morgan fingerprint density at radius 2 is 1.88 bits per heavy atom. The average Bonchev–Trinajstić information content (AvgIpc) is 2.14. The summed E-state index contributed by atoms with van der Waals surface area (Å²) in [5.41, 5.74) is 0.0191. The van der Waals surface area contributed by atoms with Gasteiger partial charge < -0.3 is 9.47 Å². The van der Waals surface area contributed by atoms with E-state index in [4.69, 9.17) is 11.6 Å². The summed E-state index contributed by atoms with van der Waals surface area (Å²) in [6.07, 6.45) is -4.93. The minimum Gasteiger partial charge on any atom is -0.435 e. The highest BCUT2D eigenvalue weighted by Crippen LogP contribution is 2.31. The molecule has 96 valence electrons. The lowest BCUT2D eigenvalue weighted by Crippen LogP contribution is -2.18. The smallest absolute Gasteiger partial charge is 0.435 e. The maximum absolute atomic E-state index is 12.0. The van der Waals surface area contributed by atoms with E-state index >= 15 is 0 Å². The zero-order valence-electron chi connectivity index (χ0n) is 8.10. The molecule has 0 aliphatic heterocycles. The number of hydrogen-bond acceptors (Lipinski definition) is 2. The molecule has 0 saturated carbocycles. The molecule has 0 heterocycles. The van der Waals surface area contributed by atoms with Gasteiger partial charge in [0.15, 0.2) is 0 Å². The SMILES string of the molecule is FC(F)Oc1ccc(CCl)c(OC(F)(F)F)c1. The van der Waals surface area contributed by atoms with E-state index < -0.39 is 24.5 Å². The van der Waals surface area contributed by atoms with Gasteiger partial charge in [0.1, 0.15) is 11.5 Å². The number of ether oxygens (including phenoxy) is 2. The Bertz CT molecular complexity index is 380. The van der Waals surface area contributed by atoms with Crippen molar-refractivity contribution < 1.29 is 31.4 Å². The molecule has 0 spiro atoms. The van der Waals surface area contributed by atoms with Crippen LogP contribution in [-0.4, -0.2) is 13.0 Å². The second-order valence-corrected chi connectivity index (χ2v) is 3.10. The van der Waals surface area contributed by atoms with E-state index in [0.29, 0.717) is 6.07 Å². The van der Waals surface area contributed by atoms with Crippen molar-refractivity contribution in [2.45, 2.75) is 18.9 Å². The number of alkyl halides is 6. The summed E-state index contributed by atoms with van der Waals surface area (Å²) in [5, 5.41) is 0. The van der Waals surface area contributed by atoms with Crippen molar-refractivity contribution in [2.24, 2.45) is 0 Å². The minimum atomic E-state index is -4.93. The predicted octanol–water partition coefficient (Wildman–Crippen LogP) is 3.93. The van der Waals surface area contributed by atoms with Crippen molar-refractivity contribution in [2.75, 3.05) is 0 Å². The molecule has 0 fully saturated rings. The van der Waals surface area contributed by atoms with Gasteiger partial charge >= 0.3 is 13.0 Å². The topological polar surface area (TPSA) is 18.5 Å². The fraction of sp³-hybridized carbons (Fsp3) is 0.333. The van der Waals surface area contributed by atoms with Crippen LogP contribution in [0.1, 0.15) is 5.56 Å². The van der Waals surface area contributed by atoms with Crippen LogP contribution in [0.15, 0.2) is 18.2 Å². The normalized spacial score (nSPS) is 11.7. The van der Waals surface area contributed by atoms with Gasteiger partial charge in [-0.15, -0.1) is 24.8 Å². The summed E-state index contributed by atoms with van der Waals surface area (Å²) < 4.78 is 67.3. The summed E-state index contributed by atoms with van der Waals surface area (Å²) in [4.78, 5) is 0. The molecule has 0 aromatic heterocycles. The molecule has 1 aromatic carbocycles. The van der Waals surface area contributed by atoms with Gasteiger partial charge in [-0.05, 0) is 6.07 Å². The molecule has 0 unspecified atom stereocenters. The fourth-order valence-electron chi connectivity index (χ4n) is 1.04. The number of halogens is 6. The quantitative estimate of drug-likeness (QED) is 0.613. The molecule has 17 heavy (non-hydrogen) atoms. The number of hydrogen-bond donors (Lipinski definition) is 0. The van der Waals surface area contributed by atoms with Crippen LogP contribution >= 0.6 is 11.6 Å². The van der Waals surface area contributed by atoms with Crippen molar-refractivity contribution in [3.63, 3.8) is 0 Å². The highest BCUT2D eigenvalue weighted by molar-refractivity contribution is 6.17. The van der Waals surface area contributed by atoms with E-state index in [1.807, 2.05) is 0 Å². The molecule has 1 aromatic rings. The van der Waals surface area contributed by atoms with Crippen molar-refractivity contribution in [3.05, 3.63) is 23.8 Å². The molecule has 0 saturated heterocycles. The van der Waals surface area contributed by atoms with Crippen LogP contribution in [-0.2, 0) is 5.88 Å². The lowest BCUT2D eigenvalue weighted by Gasteiger charge is -2.13. The largest absolute Gasteiger partial charge is 0.573 e. The number of benzene rings is 1. The van der Waals surface area contributed by atoms with Crippen LogP contribution in [0.4, 0.5) is 22.0 Å². The Hall–Kier alpha value is -1.24. The van der Waals surface area contributed by atoms with E-state index in [1.165, 1.54) is 0 Å². The first-order valence-electron chi connectivity index (χ1n) is 4.21. The first-order chi connectivity index (χ1) is 7.81. The van der Waals surface area contributed by atoms with E-state index in [-0.39, 0.29) is 11.4 Å². The molecule has 0 amide bonds. The third-order valence-corrected chi connectivity index (χ3v) is 1.92. The zero-order chi connectivity index (χ0) is 13.1. The van der Waals surface area contributed by atoms with Crippen LogP contribution in [0.3, 0.4) is 0 Å². The molecule has 0 aliphatic rings. The Morgan fingerprint density at radius 1 is 1.24 bits per heavy atom. The van der Waals surface area contributed by atoms with E-state index in [2.05, 4.69) is 9.47 Å². The molecule has 0 bridgehead atoms. The molecule has 0 aliphatic carbocycles. The summed E-state index contributed by atoms with van der Waals surface area (Å²) in [6.45, 7) is -3.13. The Morgan fingerprint density at radius 3 is 2.35 bits per heavy atom. The highest BCUT2D eigenvalue weighted by atomic mass is 35.5.